The van der Waals surface area contributed by atoms with Crippen molar-refractivity contribution in [2.45, 2.75) is 26.7 Å². The number of hydrogen-bond acceptors (Lipinski definition) is 2. The third-order valence-electron chi connectivity index (χ3n) is 2.38. The summed E-state index contributed by atoms with van der Waals surface area (Å²) in [7, 11) is -1.59. The van der Waals surface area contributed by atoms with E-state index in [1.54, 1.807) is 7.05 Å². The molecule has 0 radical (unpaired) electrons. The Bertz CT molecular complexity index is 272. The Hall–Kier alpha value is -0.130. The Labute approximate surface area is 80.5 Å². The first-order valence-electron chi connectivity index (χ1n) is 4.54. The van der Waals surface area contributed by atoms with Gasteiger partial charge in [-0.1, -0.05) is 13.8 Å². The minimum atomic E-state index is -3.21. The summed E-state index contributed by atoms with van der Waals surface area (Å²) in [4.78, 5) is 0. The number of nitrogens with zero attached hydrogens (tertiary/aromatic N) is 1. The van der Waals surface area contributed by atoms with Crippen LogP contribution in [0.5, 0.6) is 0 Å². The van der Waals surface area contributed by atoms with Crippen molar-refractivity contribution in [2.24, 2.45) is 5.41 Å². The smallest absolute Gasteiger partial charge is 0.202 e. The molecule has 0 aromatic rings. The van der Waals surface area contributed by atoms with Crippen LogP contribution in [0.3, 0.4) is 0 Å². The maximum absolute atomic E-state index is 11.5. The molecule has 5 heteroatoms. The van der Waals surface area contributed by atoms with Gasteiger partial charge in [-0.2, -0.15) is 12.7 Å². The standard InChI is InChI=1S/C8H18N2O2S/c1-8(2)5-4-6-9-13(11,12)10(3)7-8/h9H,4-7H2,1-3H3. The predicted octanol–water partition coefficient (Wildman–Crippen LogP) is 0.573. The average Bonchev–Trinajstić information content (AvgIpc) is 1.96. The molecule has 0 amide bonds. The SMILES string of the molecule is CN1CC(C)(C)CCCNS1(=O)=O. The molecule has 0 saturated carbocycles. The van der Waals surface area contributed by atoms with E-state index in [1.165, 1.54) is 4.31 Å². The van der Waals surface area contributed by atoms with E-state index in [0.29, 0.717) is 13.1 Å². The van der Waals surface area contributed by atoms with E-state index < -0.39 is 10.2 Å². The second-order valence-corrected chi connectivity index (χ2v) is 6.29. The van der Waals surface area contributed by atoms with Crippen LogP contribution in [0.15, 0.2) is 0 Å². The molecule has 0 atom stereocenters. The predicted molar refractivity (Wildman–Crippen MR) is 52.6 cm³/mol. The summed E-state index contributed by atoms with van der Waals surface area (Å²) in [6, 6.07) is 0. The van der Waals surface area contributed by atoms with Gasteiger partial charge < -0.3 is 0 Å². The lowest BCUT2D eigenvalue weighted by atomic mass is 9.88. The van der Waals surface area contributed by atoms with Crippen LogP contribution < -0.4 is 4.72 Å². The second-order valence-electron chi connectivity index (χ2n) is 4.42. The topological polar surface area (TPSA) is 49.4 Å². The highest BCUT2D eigenvalue weighted by Crippen LogP contribution is 2.25. The molecule has 13 heavy (non-hydrogen) atoms. The van der Waals surface area contributed by atoms with Crippen LogP contribution in [-0.4, -0.2) is 32.9 Å². The molecule has 0 unspecified atom stereocenters. The van der Waals surface area contributed by atoms with Crippen LogP contribution in [0.1, 0.15) is 26.7 Å². The lowest BCUT2D eigenvalue weighted by Gasteiger charge is -2.32. The van der Waals surface area contributed by atoms with Crippen LogP contribution in [0.2, 0.25) is 0 Å². The van der Waals surface area contributed by atoms with Crippen LogP contribution in [0.25, 0.3) is 0 Å². The highest BCUT2D eigenvalue weighted by atomic mass is 32.2. The molecule has 0 aromatic carbocycles. The maximum atomic E-state index is 11.5. The molecule has 78 valence electrons. The summed E-state index contributed by atoms with van der Waals surface area (Å²) in [5.74, 6) is 0. The zero-order valence-electron chi connectivity index (χ0n) is 8.50. The fourth-order valence-electron chi connectivity index (χ4n) is 1.65. The first-order chi connectivity index (χ1) is 5.83. The summed E-state index contributed by atoms with van der Waals surface area (Å²) in [6.45, 7) is 5.34. The monoisotopic (exact) mass is 206 g/mol. The van der Waals surface area contributed by atoms with E-state index in [4.69, 9.17) is 0 Å². The molecule has 1 N–H and O–H groups in total. The number of hydrogen-bond donors (Lipinski definition) is 1. The van der Waals surface area contributed by atoms with Gasteiger partial charge in [0, 0.05) is 20.1 Å². The van der Waals surface area contributed by atoms with Crippen molar-refractivity contribution in [1.82, 2.24) is 9.03 Å². The minimum absolute atomic E-state index is 0.0872. The first kappa shape index (κ1) is 10.9. The van der Waals surface area contributed by atoms with Crippen molar-refractivity contribution in [3.8, 4) is 0 Å². The summed E-state index contributed by atoms with van der Waals surface area (Å²) in [5, 5.41) is 0. The van der Waals surface area contributed by atoms with Crippen molar-refractivity contribution in [3.05, 3.63) is 0 Å². The molecular weight excluding hydrogens is 188 g/mol. The zero-order chi connectivity index (χ0) is 10.1. The maximum Gasteiger partial charge on any atom is 0.279 e. The molecule has 1 aliphatic heterocycles. The molecule has 1 aliphatic rings. The molecule has 1 heterocycles. The fraction of sp³-hybridized carbons (Fsp3) is 1.00. The Kier molecular flexibility index (Phi) is 2.99. The minimum Gasteiger partial charge on any atom is -0.202 e. The van der Waals surface area contributed by atoms with Gasteiger partial charge in [-0.3, -0.25) is 0 Å². The molecule has 0 spiro atoms. The third kappa shape index (κ3) is 2.93. The van der Waals surface area contributed by atoms with Crippen molar-refractivity contribution in [3.63, 3.8) is 0 Å². The van der Waals surface area contributed by atoms with Gasteiger partial charge in [0.25, 0.3) is 10.2 Å². The van der Waals surface area contributed by atoms with Crippen LogP contribution in [-0.2, 0) is 10.2 Å². The third-order valence-corrected chi connectivity index (χ3v) is 3.89. The van der Waals surface area contributed by atoms with Gasteiger partial charge in [0.05, 0.1) is 0 Å². The Balaban J connectivity index is 2.79. The van der Waals surface area contributed by atoms with Gasteiger partial charge in [0.2, 0.25) is 0 Å². The van der Waals surface area contributed by atoms with E-state index >= 15 is 0 Å². The highest BCUT2D eigenvalue weighted by molar-refractivity contribution is 7.87. The highest BCUT2D eigenvalue weighted by Gasteiger charge is 2.28. The molecule has 4 nitrogen and oxygen atoms in total. The van der Waals surface area contributed by atoms with E-state index in [1.807, 2.05) is 0 Å². The number of rotatable bonds is 0. The molecule has 0 aromatic heterocycles. The van der Waals surface area contributed by atoms with Crippen LogP contribution in [0.4, 0.5) is 0 Å². The van der Waals surface area contributed by atoms with E-state index in [2.05, 4.69) is 18.6 Å². The molecular formula is C8H18N2O2S. The first-order valence-corrected chi connectivity index (χ1v) is 5.98. The van der Waals surface area contributed by atoms with Gasteiger partial charge in [0.1, 0.15) is 0 Å². The largest absolute Gasteiger partial charge is 0.279 e. The molecule has 1 fully saturated rings. The Morgan fingerprint density at radius 2 is 2.00 bits per heavy atom. The van der Waals surface area contributed by atoms with Gasteiger partial charge >= 0.3 is 0 Å². The van der Waals surface area contributed by atoms with Crippen molar-refractivity contribution in [1.29, 1.82) is 0 Å². The summed E-state index contributed by atoms with van der Waals surface area (Å²) < 4.78 is 26.9. The Morgan fingerprint density at radius 1 is 1.38 bits per heavy atom. The Morgan fingerprint density at radius 3 is 2.62 bits per heavy atom. The van der Waals surface area contributed by atoms with Crippen molar-refractivity contribution >= 4 is 10.2 Å². The van der Waals surface area contributed by atoms with Crippen molar-refractivity contribution < 1.29 is 8.42 Å². The van der Waals surface area contributed by atoms with Gasteiger partial charge in [-0.05, 0) is 18.3 Å². The van der Waals surface area contributed by atoms with Gasteiger partial charge in [0.15, 0.2) is 0 Å². The zero-order valence-corrected chi connectivity index (χ0v) is 9.32. The van der Waals surface area contributed by atoms with E-state index in [-0.39, 0.29) is 5.41 Å². The summed E-state index contributed by atoms with van der Waals surface area (Å²) in [5.41, 5.74) is 0.0872. The molecule has 0 aliphatic carbocycles. The van der Waals surface area contributed by atoms with Crippen LogP contribution >= 0.6 is 0 Å². The normalized spacial score (nSPS) is 29.2. The van der Waals surface area contributed by atoms with Crippen molar-refractivity contribution in [2.75, 3.05) is 20.1 Å². The molecule has 1 rings (SSSR count). The summed E-state index contributed by atoms with van der Waals surface area (Å²) in [6.07, 6.45) is 1.97. The second kappa shape index (κ2) is 3.55. The van der Waals surface area contributed by atoms with E-state index in [9.17, 15) is 8.42 Å². The quantitative estimate of drug-likeness (QED) is 0.630. The number of nitrogens with one attached hydrogen (secondary N) is 1. The lowest BCUT2D eigenvalue weighted by Crippen LogP contribution is -2.45. The lowest BCUT2D eigenvalue weighted by molar-refractivity contribution is 0.248. The summed E-state index contributed by atoms with van der Waals surface area (Å²) >= 11 is 0. The van der Waals surface area contributed by atoms with Crippen LogP contribution in [0, 0.1) is 5.41 Å². The molecule has 0 bridgehead atoms. The van der Waals surface area contributed by atoms with Gasteiger partial charge in [-0.25, -0.2) is 4.72 Å². The fourth-order valence-corrected chi connectivity index (χ4v) is 2.79. The van der Waals surface area contributed by atoms with Gasteiger partial charge in [-0.15, -0.1) is 0 Å². The molecule has 1 saturated heterocycles. The average molecular weight is 206 g/mol. The van der Waals surface area contributed by atoms with E-state index in [0.717, 1.165) is 12.8 Å².